The fourth-order valence-corrected chi connectivity index (χ4v) is 7.60. The van der Waals surface area contributed by atoms with E-state index in [1.807, 2.05) is 12.4 Å². The smallest absolute Gasteiger partial charge is 0.219 e. The fourth-order valence-electron chi connectivity index (χ4n) is 7.60. The van der Waals surface area contributed by atoms with Crippen LogP contribution >= 0.6 is 0 Å². The van der Waals surface area contributed by atoms with E-state index in [-0.39, 0.29) is 11.3 Å². The Hall–Kier alpha value is -1.71. The lowest BCUT2D eigenvalue weighted by Crippen LogP contribution is -2.54. The van der Waals surface area contributed by atoms with Crippen LogP contribution in [0.4, 0.5) is 0 Å². The van der Waals surface area contributed by atoms with Crippen LogP contribution in [0.15, 0.2) is 24.7 Å². The molecule has 4 nitrogen and oxygen atoms in total. The largest absolute Gasteiger partial charge is 0.339 e. The first-order valence-corrected chi connectivity index (χ1v) is 10.7. The fraction of sp³-hybridized carbons (Fsp3) is 0.696. The molecular weight excluding hydrogens is 334 g/mol. The Morgan fingerprint density at radius 3 is 2.74 bits per heavy atom. The van der Waals surface area contributed by atoms with Gasteiger partial charge in [-0.1, -0.05) is 19.9 Å². The average molecular weight is 366 g/mol. The number of carbonyl (C=O) groups is 1. The monoisotopic (exact) mass is 365 g/mol. The number of allylic oxidation sites excluding steroid dienone is 2. The van der Waals surface area contributed by atoms with Crippen molar-refractivity contribution in [2.24, 2.45) is 28.6 Å². The lowest BCUT2D eigenvalue weighted by atomic mass is 9.48. The predicted octanol–water partition coefficient (Wildman–Crippen LogP) is 4.33. The van der Waals surface area contributed by atoms with Gasteiger partial charge >= 0.3 is 0 Å². The quantitative estimate of drug-likeness (QED) is 0.744. The van der Waals surface area contributed by atoms with Crippen LogP contribution in [-0.4, -0.2) is 33.4 Å². The number of fused-ring (bicyclic) bond motifs is 5. The molecule has 4 aliphatic rings. The third-order valence-electron chi connectivity index (χ3n) is 8.91. The van der Waals surface area contributed by atoms with Gasteiger partial charge in [-0.15, -0.1) is 0 Å². The Balaban J connectivity index is 1.44. The number of carbonyl (C=O) groups excluding carboxylic acids is 1. The Morgan fingerprint density at radius 1 is 1.15 bits per heavy atom. The van der Waals surface area contributed by atoms with Crippen molar-refractivity contribution in [2.45, 2.75) is 65.3 Å². The van der Waals surface area contributed by atoms with Gasteiger partial charge in [0, 0.05) is 31.9 Å². The van der Waals surface area contributed by atoms with Crippen LogP contribution in [0.3, 0.4) is 0 Å². The molecule has 0 N–H and O–H groups in total. The minimum atomic E-state index is 0.235. The van der Waals surface area contributed by atoms with Crippen molar-refractivity contribution in [3.05, 3.63) is 30.4 Å². The maximum absolute atomic E-state index is 12.1. The highest BCUT2D eigenvalue weighted by Gasteiger charge is 2.60. The van der Waals surface area contributed by atoms with E-state index in [0.29, 0.717) is 11.5 Å². The van der Waals surface area contributed by atoms with E-state index in [9.17, 15) is 4.79 Å². The third-order valence-corrected chi connectivity index (χ3v) is 8.91. The molecule has 5 rings (SSSR count). The highest BCUT2D eigenvalue weighted by Crippen LogP contribution is 2.66. The van der Waals surface area contributed by atoms with Crippen LogP contribution < -0.4 is 0 Å². The van der Waals surface area contributed by atoms with Gasteiger partial charge < -0.3 is 4.90 Å². The van der Waals surface area contributed by atoms with Crippen LogP contribution in [0.2, 0.25) is 0 Å². The molecule has 1 saturated heterocycles. The molecule has 1 amide bonds. The summed E-state index contributed by atoms with van der Waals surface area (Å²) in [5.74, 6) is 2.53. The first-order chi connectivity index (χ1) is 12.9. The number of aromatic nitrogens is 2. The standard InChI is InChI=1S/C23H31N3O/c1-15(27)26-13-10-23(3)18-8-9-22(2)17(16(18)4-7-21(23)26)5-6-19(22)20-14-24-11-12-25-20/h6,11-12,14,16-18,21H,4-5,7-10,13H2,1-3H3/t16?,17-,18?,21?,22?,23?/m0/s1. The van der Waals surface area contributed by atoms with Crippen molar-refractivity contribution in [3.63, 3.8) is 0 Å². The SMILES string of the molecule is CC(=O)N1CCC2(C)C3CCC4(C)C(c5cnccn5)=CC[C@H]4C3CCC12. The van der Waals surface area contributed by atoms with Crippen molar-refractivity contribution in [1.82, 2.24) is 14.9 Å². The first kappa shape index (κ1) is 17.4. The van der Waals surface area contributed by atoms with Crippen LogP contribution in [-0.2, 0) is 4.79 Å². The third kappa shape index (κ3) is 2.31. The molecule has 3 fully saturated rings. The maximum Gasteiger partial charge on any atom is 0.219 e. The molecule has 1 aromatic rings. The number of hydrogen-bond donors (Lipinski definition) is 0. The van der Waals surface area contributed by atoms with Crippen molar-refractivity contribution in [1.29, 1.82) is 0 Å². The van der Waals surface area contributed by atoms with E-state index in [1.165, 1.54) is 44.1 Å². The number of hydrogen-bond acceptors (Lipinski definition) is 3. The summed E-state index contributed by atoms with van der Waals surface area (Å²) in [6.45, 7) is 7.69. The summed E-state index contributed by atoms with van der Waals surface area (Å²) in [6, 6.07) is 0.467. The molecule has 0 aromatic carbocycles. The lowest BCUT2D eigenvalue weighted by Gasteiger charge is -2.57. The minimum absolute atomic E-state index is 0.235. The number of rotatable bonds is 1. The van der Waals surface area contributed by atoms with E-state index in [4.69, 9.17) is 0 Å². The molecule has 1 aromatic heterocycles. The summed E-state index contributed by atoms with van der Waals surface area (Å²) < 4.78 is 0. The molecule has 2 saturated carbocycles. The van der Waals surface area contributed by atoms with Gasteiger partial charge in [0.1, 0.15) is 0 Å². The van der Waals surface area contributed by atoms with E-state index in [1.54, 1.807) is 13.1 Å². The lowest BCUT2D eigenvalue weighted by molar-refractivity contribution is -0.134. The Morgan fingerprint density at radius 2 is 2.00 bits per heavy atom. The molecule has 27 heavy (non-hydrogen) atoms. The molecule has 0 bridgehead atoms. The molecule has 1 aliphatic heterocycles. The Labute approximate surface area is 162 Å². The van der Waals surface area contributed by atoms with Gasteiger partial charge in [-0.25, -0.2) is 0 Å². The minimum Gasteiger partial charge on any atom is -0.339 e. The van der Waals surface area contributed by atoms with Gasteiger partial charge in [0.15, 0.2) is 0 Å². The summed E-state index contributed by atoms with van der Waals surface area (Å²) in [5, 5.41) is 0. The average Bonchev–Trinajstić information content (AvgIpc) is 3.19. The van der Waals surface area contributed by atoms with E-state index < -0.39 is 0 Å². The number of nitrogens with zero attached hydrogens (tertiary/aromatic N) is 3. The van der Waals surface area contributed by atoms with Gasteiger partial charge in [-0.2, -0.15) is 0 Å². The predicted molar refractivity (Wildman–Crippen MR) is 106 cm³/mol. The Bertz CT molecular complexity index is 790. The molecule has 3 aliphatic carbocycles. The summed E-state index contributed by atoms with van der Waals surface area (Å²) in [7, 11) is 0. The summed E-state index contributed by atoms with van der Waals surface area (Å²) in [4.78, 5) is 23.3. The van der Waals surface area contributed by atoms with Crippen molar-refractivity contribution in [2.75, 3.05) is 6.54 Å². The molecule has 5 unspecified atom stereocenters. The van der Waals surface area contributed by atoms with Gasteiger partial charge in [0.25, 0.3) is 0 Å². The highest BCUT2D eigenvalue weighted by molar-refractivity contribution is 5.74. The number of amides is 1. The van der Waals surface area contributed by atoms with Gasteiger partial charge in [-0.3, -0.25) is 14.8 Å². The maximum atomic E-state index is 12.1. The van der Waals surface area contributed by atoms with Crippen molar-refractivity contribution >= 4 is 11.5 Å². The topological polar surface area (TPSA) is 46.1 Å². The molecule has 4 heteroatoms. The second kappa shape index (κ2) is 5.89. The van der Waals surface area contributed by atoms with Crippen LogP contribution in [0.25, 0.3) is 5.57 Å². The van der Waals surface area contributed by atoms with Crippen molar-refractivity contribution < 1.29 is 4.79 Å². The Kier molecular flexibility index (Phi) is 3.80. The van der Waals surface area contributed by atoms with Gasteiger partial charge in [0.2, 0.25) is 5.91 Å². The summed E-state index contributed by atoms with van der Waals surface area (Å²) in [5.41, 5.74) is 3.05. The van der Waals surface area contributed by atoms with Gasteiger partial charge in [-0.05, 0) is 72.7 Å². The van der Waals surface area contributed by atoms with Crippen LogP contribution in [0.5, 0.6) is 0 Å². The van der Waals surface area contributed by atoms with Crippen LogP contribution in [0, 0.1) is 28.6 Å². The second-order valence-electron chi connectivity index (χ2n) is 9.84. The van der Waals surface area contributed by atoms with E-state index in [2.05, 4.69) is 34.8 Å². The van der Waals surface area contributed by atoms with Gasteiger partial charge in [0.05, 0.1) is 11.9 Å². The molecule has 144 valence electrons. The zero-order valence-electron chi connectivity index (χ0n) is 16.8. The summed E-state index contributed by atoms with van der Waals surface area (Å²) >= 11 is 0. The molecule has 0 radical (unpaired) electrons. The molecule has 6 atom stereocenters. The zero-order valence-corrected chi connectivity index (χ0v) is 16.8. The van der Waals surface area contributed by atoms with Crippen molar-refractivity contribution in [3.8, 4) is 0 Å². The first-order valence-electron chi connectivity index (χ1n) is 10.7. The summed E-state index contributed by atoms with van der Waals surface area (Å²) in [6.07, 6.45) is 15.3. The molecule has 2 heterocycles. The zero-order chi connectivity index (χ0) is 18.8. The van der Waals surface area contributed by atoms with E-state index in [0.717, 1.165) is 30.0 Å². The molecular formula is C23H31N3O. The highest BCUT2D eigenvalue weighted by atomic mass is 16.2. The normalized spacial score (nSPS) is 42.9. The number of likely N-dealkylation sites (tertiary alicyclic amines) is 1. The van der Waals surface area contributed by atoms with Crippen LogP contribution in [0.1, 0.15) is 65.0 Å². The second-order valence-corrected chi connectivity index (χ2v) is 9.84. The molecule has 0 spiro atoms. The van der Waals surface area contributed by atoms with E-state index >= 15 is 0 Å².